The van der Waals surface area contributed by atoms with Gasteiger partial charge in [0.25, 0.3) is 5.91 Å². The molecule has 0 unspecified atom stereocenters. The van der Waals surface area contributed by atoms with E-state index in [1.54, 1.807) is 30.9 Å². The molecule has 4 aromatic rings. The number of aromatic amines is 1. The molecule has 0 saturated heterocycles. The molecule has 0 aliphatic heterocycles. The third-order valence-electron chi connectivity index (χ3n) is 4.37. The Labute approximate surface area is 167 Å². The molecule has 4 rings (SSSR count). The normalized spacial score (nSPS) is 11.0. The zero-order valence-electron chi connectivity index (χ0n) is 16.3. The molecule has 9 nitrogen and oxygen atoms in total. The number of amides is 1. The van der Waals surface area contributed by atoms with Gasteiger partial charge in [0.1, 0.15) is 29.4 Å². The van der Waals surface area contributed by atoms with Gasteiger partial charge in [0.05, 0.1) is 0 Å². The first-order valence-electron chi connectivity index (χ1n) is 9.17. The number of hydrogen-bond donors (Lipinski definition) is 2. The number of rotatable bonds is 5. The highest BCUT2D eigenvalue weighted by Crippen LogP contribution is 2.21. The summed E-state index contributed by atoms with van der Waals surface area (Å²) in [7, 11) is 0. The van der Waals surface area contributed by atoms with E-state index in [-0.39, 0.29) is 11.9 Å². The number of aromatic nitrogens is 7. The minimum absolute atomic E-state index is 0.197. The molecule has 0 atom stereocenters. The SMILES string of the molecule is Cc1ncc(-c2ccc(C(=O)Nc3cccc(-c4nncn4C(C)C)n3)[nH]2)cn1. The number of hydrogen-bond acceptors (Lipinski definition) is 6. The highest BCUT2D eigenvalue weighted by molar-refractivity contribution is 6.03. The summed E-state index contributed by atoms with van der Waals surface area (Å²) in [5, 5.41) is 10.9. The molecule has 9 heteroatoms. The number of aryl methyl sites for hydroxylation is 1. The quantitative estimate of drug-likeness (QED) is 0.542. The first kappa shape index (κ1) is 18.5. The van der Waals surface area contributed by atoms with Crippen LogP contribution >= 0.6 is 0 Å². The monoisotopic (exact) mass is 388 g/mol. The van der Waals surface area contributed by atoms with Crippen molar-refractivity contribution in [1.82, 2.24) is 34.7 Å². The van der Waals surface area contributed by atoms with Crippen molar-refractivity contribution in [2.24, 2.45) is 0 Å². The zero-order valence-corrected chi connectivity index (χ0v) is 16.3. The average molecular weight is 388 g/mol. The summed E-state index contributed by atoms with van der Waals surface area (Å²) in [5.74, 6) is 1.48. The van der Waals surface area contributed by atoms with Gasteiger partial charge in [-0.15, -0.1) is 10.2 Å². The highest BCUT2D eigenvalue weighted by Gasteiger charge is 2.14. The summed E-state index contributed by atoms with van der Waals surface area (Å²) in [6.07, 6.45) is 5.10. The van der Waals surface area contributed by atoms with Gasteiger partial charge in [-0.1, -0.05) is 6.07 Å². The zero-order chi connectivity index (χ0) is 20.4. The fourth-order valence-corrected chi connectivity index (χ4v) is 2.84. The van der Waals surface area contributed by atoms with Gasteiger partial charge in [-0.25, -0.2) is 15.0 Å². The van der Waals surface area contributed by atoms with E-state index in [1.165, 1.54) is 0 Å². The lowest BCUT2D eigenvalue weighted by atomic mass is 10.2. The Bertz CT molecular complexity index is 1140. The Hall–Kier alpha value is -3.88. The number of carbonyl (C=O) groups excluding carboxylic acids is 1. The average Bonchev–Trinajstić information content (AvgIpc) is 3.39. The van der Waals surface area contributed by atoms with E-state index < -0.39 is 0 Å². The highest BCUT2D eigenvalue weighted by atomic mass is 16.1. The molecule has 29 heavy (non-hydrogen) atoms. The molecule has 0 saturated carbocycles. The summed E-state index contributed by atoms with van der Waals surface area (Å²) < 4.78 is 1.93. The van der Waals surface area contributed by atoms with Crippen LogP contribution in [0.1, 0.15) is 36.2 Å². The van der Waals surface area contributed by atoms with Gasteiger partial charge >= 0.3 is 0 Å². The maximum Gasteiger partial charge on any atom is 0.273 e. The van der Waals surface area contributed by atoms with Crippen LogP contribution in [-0.2, 0) is 0 Å². The van der Waals surface area contributed by atoms with Gasteiger partial charge < -0.3 is 14.9 Å². The molecular formula is C20H20N8O. The predicted octanol–water partition coefficient (Wildman–Crippen LogP) is 3.27. The number of pyridine rings is 1. The Morgan fingerprint density at radius 1 is 1.14 bits per heavy atom. The Balaban J connectivity index is 1.53. The van der Waals surface area contributed by atoms with Crippen molar-refractivity contribution >= 4 is 11.7 Å². The van der Waals surface area contributed by atoms with Crippen molar-refractivity contribution in [3.8, 4) is 22.8 Å². The van der Waals surface area contributed by atoms with Gasteiger partial charge in [0, 0.05) is 29.7 Å². The van der Waals surface area contributed by atoms with Crippen molar-refractivity contribution in [2.45, 2.75) is 26.8 Å². The van der Waals surface area contributed by atoms with E-state index in [4.69, 9.17) is 0 Å². The number of nitrogens with zero attached hydrogens (tertiary/aromatic N) is 6. The molecule has 4 heterocycles. The van der Waals surface area contributed by atoms with Crippen LogP contribution in [-0.4, -0.2) is 40.6 Å². The molecule has 0 bridgehead atoms. The summed E-state index contributed by atoms with van der Waals surface area (Å²) in [4.78, 5) is 28.6. The Morgan fingerprint density at radius 3 is 2.69 bits per heavy atom. The molecule has 146 valence electrons. The van der Waals surface area contributed by atoms with Gasteiger partial charge in [-0.2, -0.15) is 0 Å². The number of carbonyl (C=O) groups is 1. The van der Waals surface area contributed by atoms with Crippen molar-refractivity contribution in [3.05, 3.63) is 60.6 Å². The smallest absolute Gasteiger partial charge is 0.273 e. The van der Waals surface area contributed by atoms with Gasteiger partial charge in [0.2, 0.25) is 0 Å². The number of nitrogens with one attached hydrogen (secondary N) is 2. The van der Waals surface area contributed by atoms with Crippen molar-refractivity contribution in [1.29, 1.82) is 0 Å². The van der Waals surface area contributed by atoms with Gasteiger partial charge in [0.15, 0.2) is 5.82 Å². The van der Waals surface area contributed by atoms with E-state index in [0.717, 1.165) is 11.3 Å². The van der Waals surface area contributed by atoms with E-state index in [9.17, 15) is 4.79 Å². The van der Waals surface area contributed by atoms with Crippen LogP contribution in [0.2, 0.25) is 0 Å². The lowest BCUT2D eigenvalue weighted by Crippen LogP contribution is -2.14. The molecule has 0 aromatic carbocycles. The molecule has 2 N–H and O–H groups in total. The fourth-order valence-electron chi connectivity index (χ4n) is 2.84. The third kappa shape index (κ3) is 3.88. The van der Waals surface area contributed by atoms with E-state index in [2.05, 4.69) is 35.5 Å². The molecule has 4 aromatic heterocycles. The third-order valence-corrected chi connectivity index (χ3v) is 4.37. The first-order chi connectivity index (χ1) is 14.0. The van der Waals surface area contributed by atoms with Crippen LogP contribution < -0.4 is 5.32 Å². The Morgan fingerprint density at radius 2 is 1.93 bits per heavy atom. The second kappa shape index (κ2) is 7.63. The minimum atomic E-state index is -0.292. The standard InChI is InChI=1S/C20H20N8O/c1-12(2)28-11-23-27-19(28)16-5-4-6-18(25-16)26-20(29)17-8-7-15(24-17)14-9-21-13(3)22-10-14/h4-12,24H,1-3H3,(H,25,26,29). The first-order valence-corrected chi connectivity index (χ1v) is 9.17. The second-order valence-electron chi connectivity index (χ2n) is 6.82. The molecule has 0 fully saturated rings. The molecule has 0 aliphatic carbocycles. The Kier molecular flexibility index (Phi) is 4.86. The molecular weight excluding hydrogens is 368 g/mol. The second-order valence-corrected chi connectivity index (χ2v) is 6.82. The maximum atomic E-state index is 12.6. The van der Waals surface area contributed by atoms with Crippen molar-refractivity contribution in [2.75, 3.05) is 5.32 Å². The summed E-state index contributed by atoms with van der Waals surface area (Å²) in [6.45, 7) is 5.91. The van der Waals surface area contributed by atoms with Gasteiger partial charge in [-0.3, -0.25) is 4.79 Å². The van der Waals surface area contributed by atoms with Crippen LogP contribution in [0, 0.1) is 6.92 Å². The lowest BCUT2D eigenvalue weighted by molar-refractivity contribution is 0.102. The topological polar surface area (TPSA) is 114 Å². The number of anilines is 1. The van der Waals surface area contributed by atoms with E-state index in [1.807, 2.05) is 43.5 Å². The molecule has 0 radical (unpaired) electrons. The predicted molar refractivity (Wildman–Crippen MR) is 108 cm³/mol. The molecule has 0 spiro atoms. The summed E-state index contributed by atoms with van der Waals surface area (Å²) in [5.41, 5.74) is 2.63. The van der Waals surface area contributed by atoms with Crippen LogP contribution in [0.25, 0.3) is 22.8 Å². The van der Waals surface area contributed by atoms with Crippen molar-refractivity contribution in [3.63, 3.8) is 0 Å². The van der Waals surface area contributed by atoms with Crippen molar-refractivity contribution < 1.29 is 4.79 Å². The molecule has 1 amide bonds. The fraction of sp³-hybridized carbons (Fsp3) is 0.200. The molecule has 0 aliphatic rings. The minimum Gasteiger partial charge on any atom is -0.350 e. The van der Waals surface area contributed by atoms with Crippen LogP contribution in [0.4, 0.5) is 5.82 Å². The number of H-pyrrole nitrogens is 1. The maximum absolute atomic E-state index is 12.6. The van der Waals surface area contributed by atoms with E-state index in [0.29, 0.717) is 28.9 Å². The lowest BCUT2D eigenvalue weighted by Gasteiger charge is -2.10. The van der Waals surface area contributed by atoms with Crippen LogP contribution in [0.3, 0.4) is 0 Å². The summed E-state index contributed by atoms with van der Waals surface area (Å²) >= 11 is 0. The largest absolute Gasteiger partial charge is 0.350 e. The summed E-state index contributed by atoms with van der Waals surface area (Å²) in [6, 6.07) is 9.11. The van der Waals surface area contributed by atoms with Crippen LogP contribution in [0.5, 0.6) is 0 Å². The van der Waals surface area contributed by atoms with Gasteiger partial charge in [-0.05, 0) is 45.0 Å². The van der Waals surface area contributed by atoms with E-state index >= 15 is 0 Å². The van der Waals surface area contributed by atoms with Crippen LogP contribution in [0.15, 0.2) is 49.1 Å².